The normalized spacial score (nSPS) is 22.3. The standard InChI is InChI=1S/C15H19FN2O/c1-3-18(4-2)15(11-17)9-6-10-19-14-12(15)7-5-8-13(14)16/h5,7-8H,3-4,6,9-10H2,1-2H3. The van der Waals surface area contributed by atoms with E-state index in [9.17, 15) is 9.65 Å². The van der Waals surface area contributed by atoms with Crippen LogP contribution in [0.2, 0.25) is 0 Å². The first-order valence-electron chi connectivity index (χ1n) is 6.77. The van der Waals surface area contributed by atoms with Crippen LogP contribution in [-0.4, -0.2) is 24.6 Å². The Morgan fingerprint density at radius 3 is 2.79 bits per heavy atom. The van der Waals surface area contributed by atoms with Crippen LogP contribution in [0.5, 0.6) is 5.75 Å². The Hall–Kier alpha value is -1.60. The van der Waals surface area contributed by atoms with E-state index in [1.807, 2.05) is 19.9 Å². The van der Waals surface area contributed by atoms with Crippen molar-refractivity contribution in [3.8, 4) is 11.8 Å². The number of nitriles is 1. The van der Waals surface area contributed by atoms with Gasteiger partial charge in [0.15, 0.2) is 11.6 Å². The minimum Gasteiger partial charge on any atom is -0.490 e. The van der Waals surface area contributed by atoms with E-state index in [4.69, 9.17) is 4.74 Å². The highest BCUT2D eigenvalue weighted by Gasteiger charge is 2.41. The van der Waals surface area contributed by atoms with E-state index in [-0.39, 0.29) is 11.6 Å². The van der Waals surface area contributed by atoms with Gasteiger partial charge in [-0.3, -0.25) is 4.90 Å². The van der Waals surface area contributed by atoms with Crippen LogP contribution >= 0.6 is 0 Å². The number of hydrogen-bond acceptors (Lipinski definition) is 3. The van der Waals surface area contributed by atoms with Gasteiger partial charge < -0.3 is 4.74 Å². The fourth-order valence-corrected chi connectivity index (χ4v) is 2.90. The van der Waals surface area contributed by atoms with Crippen molar-refractivity contribution in [2.75, 3.05) is 19.7 Å². The van der Waals surface area contributed by atoms with Gasteiger partial charge in [0.25, 0.3) is 0 Å². The lowest BCUT2D eigenvalue weighted by Gasteiger charge is -2.37. The van der Waals surface area contributed by atoms with Crippen LogP contribution in [0.25, 0.3) is 0 Å². The highest BCUT2D eigenvalue weighted by atomic mass is 19.1. The molecule has 3 nitrogen and oxygen atoms in total. The van der Waals surface area contributed by atoms with Gasteiger partial charge in [0, 0.05) is 5.56 Å². The zero-order chi connectivity index (χ0) is 13.9. The van der Waals surface area contributed by atoms with E-state index in [1.54, 1.807) is 6.07 Å². The summed E-state index contributed by atoms with van der Waals surface area (Å²) in [6, 6.07) is 7.27. The van der Waals surface area contributed by atoms with E-state index in [2.05, 4.69) is 11.0 Å². The molecule has 0 aromatic heterocycles. The molecule has 0 saturated heterocycles. The van der Waals surface area contributed by atoms with Crippen molar-refractivity contribution in [1.82, 2.24) is 4.90 Å². The molecule has 0 saturated carbocycles. The zero-order valence-corrected chi connectivity index (χ0v) is 11.4. The van der Waals surface area contributed by atoms with E-state index >= 15 is 0 Å². The molecule has 0 aliphatic carbocycles. The second-order valence-electron chi connectivity index (χ2n) is 4.71. The Kier molecular flexibility index (Phi) is 4.06. The lowest BCUT2D eigenvalue weighted by molar-refractivity contribution is 0.141. The van der Waals surface area contributed by atoms with Gasteiger partial charge in [0.1, 0.15) is 5.54 Å². The molecular weight excluding hydrogens is 243 g/mol. The van der Waals surface area contributed by atoms with E-state index < -0.39 is 5.54 Å². The molecule has 0 bridgehead atoms. The molecule has 19 heavy (non-hydrogen) atoms. The van der Waals surface area contributed by atoms with E-state index in [0.717, 1.165) is 19.5 Å². The molecule has 0 fully saturated rings. The Morgan fingerprint density at radius 2 is 2.16 bits per heavy atom. The lowest BCUT2D eigenvalue weighted by atomic mass is 9.84. The molecule has 0 amide bonds. The second-order valence-corrected chi connectivity index (χ2v) is 4.71. The molecule has 1 aliphatic rings. The van der Waals surface area contributed by atoms with Gasteiger partial charge in [0.05, 0.1) is 12.7 Å². The maximum Gasteiger partial charge on any atom is 0.165 e. The predicted octanol–water partition coefficient (Wildman–Crippen LogP) is 3.06. The number of nitrogens with zero attached hydrogens (tertiary/aromatic N) is 2. The number of benzene rings is 1. The minimum atomic E-state index is -0.780. The van der Waals surface area contributed by atoms with Crippen LogP contribution in [-0.2, 0) is 5.54 Å². The Bertz CT molecular complexity index is 493. The molecule has 1 aromatic rings. The number of halogens is 1. The summed E-state index contributed by atoms with van der Waals surface area (Å²) < 4.78 is 19.5. The number of rotatable bonds is 3. The topological polar surface area (TPSA) is 36.3 Å². The first-order valence-corrected chi connectivity index (χ1v) is 6.77. The van der Waals surface area contributed by atoms with Gasteiger partial charge in [0.2, 0.25) is 0 Å². The van der Waals surface area contributed by atoms with Crippen LogP contribution in [0, 0.1) is 17.1 Å². The molecule has 0 N–H and O–H groups in total. The summed E-state index contributed by atoms with van der Waals surface area (Å²) in [4.78, 5) is 2.08. The molecule has 102 valence electrons. The third kappa shape index (κ3) is 2.19. The summed E-state index contributed by atoms with van der Waals surface area (Å²) in [5.74, 6) is -0.139. The quantitative estimate of drug-likeness (QED) is 0.840. The van der Waals surface area contributed by atoms with Crippen molar-refractivity contribution in [2.45, 2.75) is 32.2 Å². The molecule has 1 aromatic carbocycles. The smallest absolute Gasteiger partial charge is 0.165 e. The molecule has 1 heterocycles. The summed E-state index contributed by atoms with van der Waals surface area (Å²) in [7, 11) is 0. The Labute approximate surface area is 113 Å². The highest BCUT2D eigenvalue weighted by Crippen LogP contribution is 2.41. The van der Waals surface area contributed by atoms with Crippen LogP contribution < -0.4 is 4.74 Å². The number of fused-ring (bicyclic) bond motifs is 1. The van der Waals surface area contributed by atoms with Crippen molar-refractivity contribution in [3.63, 3.8) is 0 Å². The van der Waals surface area contributed by atoms with Gasteiger partial charge in [-0.2, -0.15) is 5.26 Å². The molecule has 1 aliphatic heterocycles. The fraction of sp³-hybridized carbons (Fsp3) is 0.533. The molecule has 4 heteroatoms. The van der Waals surface area contributed by atoms with Gasteiger partial charge in [-0.05, 0) is 32.0 Å². The van der Waals surface area contributed by atoms with Crippen LogP contribution in [0.15, 0.2) is 18.2 Å². The van der Waals surface area contributed by atoms with Gasteiger partial charge in [-0.1, -0.05) is 26.0 Å². The average Bonchev–Trinajstić information content (AvgIpc) is 2.62. The monoisotopic (exact) mass is 262 g/mol. The van der Waals surface area contributed by atoms with Crippen LogP contribution in [0.1, 0.15) is 32.3 Å². The van der Waals surface area contributed by atoms with Crippen LogP contribution in [0.4, 0.5) is 4.39 Å². The number of ether oxygens (including phenoxy) is 1. The fourth-order valence-electron chi connectivity index (χ4n) is 2.90. The largest absolute Gasteiger partial charge is 0.490 e. The van der Waals surface area contributed by atoms with Crippen molar-refractivity contribution in [2.24, 2.45) is 0 Å². The van der Waals surface area contributed by atoms with Crippen molar-refractivity contribution in [1.29, 1.82) is 5.26 Å². The zero-order valence-electron chi connectivity index (χ0n) is 11.4. The summed E-state index contributed by atoms with van der Waals surface area (Å²) in [6.45, 7) is 6.00. The minimum absolute atomic E-state index is 0.244. The van der Waals surface area contributed by atoms with E-state index in [0.29, 0.717) is 18.6 Å². The van der Waals surface area contributed by atoms with Gasteiger partial charge >= 0.3 is 0 Å². The SMILES string of the molecule is CCN(CC)C1(C#N)CCCOc2c(F)cccc21. The predicted molar refractivity (Wildman–Crippen MR) is 71.3 cm³/mol. The number of hydrogen-bond donors (Lipinski definition) is 0. The number of para-hydroxylation sites is 1. The molecule has 0 spiro atoms. The molecule has 0 radical (unpaired) electrons. The Morgan fingerprint density at radius 1 is 1.42 bits per heavy atom. The summed E-state index contributed by atoms with van der Waals surface area (Å²) in [6.07, 6.45) is 1.42. The highest BCUT2D eigenvalue weighted by molar-refractivity contribution is 5.45. The molecule has 1 unspecified atom stereocenters. The molecule has 1 atom stereocenters. The second kappa shape index (κ2) is 5.58. The summed E-state index contributed by atoms with van der Waals surface area (Å²) in [5, 5.41) is 9.77. The first-order chi connectivity index (χ1) is 9.19. The maximum absolute atomic E-state index is 13.9. The molecular formula is C15H19FN2O. The molecule has 2 rings (SSSR count). The summed E-state index contributed by atoms with van der Waals surface area (Å²) in [5.41, 5.74) is -0.117. The van der Waals surface area contributed by atoms with E-state index in [1.165, 1.54) is 6.07 Å². The Balaban J connectivity index is 2.63. The third-order valence-corrected chi connectivity index (χ3v) is 3.83. The summed E-state index contributed by atoms with van der Waals surface area (Å²) >= 11 is 0. The van der Waals surface area contributed by atoms with Gasteiger partial charge in [-0.15, -0.1) is 0 Å². The lowest BCUT2D eigenvalue weighted by Crippen LogP contribution is -2.45. The van der Waals surface area contributed by atoms with Gasteiger partial charge in [-0.25, -0.2) is 4.39 Å². The first kappa shape index (κ1) is 13.8. The van der Waals surface area contributed by atoms with Crippen molar-refractivity contribution >= 4 is 0 Å². The third-order valence-electron chi connectivity index (χ3n) is 3.83. The average molecular weight is 262 g/mol. The maximum atomic E-state index is 13.9. The van der Waals surface area contributed by atoms with Crippen molar-refractivity contribution in [3.05, 3.63) is 29.6 Å². The van der Waals surface area contributed by atoms with Crippen LogP contribution in [0.3, 0.4) is 0 Å². The van der Waals surface area contributed by atoms with Crippen molar-refractivity contribution < 1.29 is 9.13 Å².